The van der Waals surface area contributed by atoms with E-state index in [-0.39, 0.29) is 17.0 Å². The molecule has 92 valence electrons. The largest absolute Gasteiger partial charge is 1.00 e. The molecule has 0 fully saturated rings. The second-order valence-electron chi connectivity index (χ2n) is 3.70. The van der Waals surface area contributed by atoms with E-state index in [2.05, 4.69) is 16.1 Å². The van der Waals surface area contributed by atoms with E-state index in [9.17, 15) is 4.79 Å². The van der Waals surface area contributed by atoms with E-state index in [1.54, 1.807) is 12.1 Å². The molecule has 0 radical (unpaired) electrons. The first-order valence-corrected chi connectivity index (χ1v) is 5.43. The number of carboxylic acids is 1. The van der Waals surface area contributed by atoms with Crippen LogP contribution in [0.3, 0.4) is 0 Å². The molecule has 2 aromatic rings. The van der Waals surface area contributed by atoms with Crippen LogP contribution in [0.2, 0.25) is 0 Å². The van der Waals surface area contributed by atoms with Gasteiger partial charge in [-0.05, 0) is 26.0 Å². The van der Waals surface area contributed by atoms with E-state index in [4.69, 9.17) is 5.11 Å². The third kappa shape index (κ3) is 2.34. The zero-order chi connectivity index (χ0) is 11.7. The van der Waals surface area contributed by atoms with Crippen molar-refractivity contribution < 1.29 is 31.4 Å². The maximum atomic E-state index is 10.9. The highest BCUT2D eigenvalue weighted by atomic mass is 79.9. The fraction of sp³-hybridized carbons (Fsp3) is 0.333. The summed E-state index contributed by atoms with van der Waals surface area (Å²) in [5.74, 6) is -0.881. The van der Waals surface area contributed by atoms with Crippen molar-refractivity contribution in [3.05, 3.63) is 30.1 Å². The van der Waals surface area contributed by atoms with Gasteiger partial charge in [0.15, 0.2) is 11.0 Å². The zero-order valence-electron chi connectivity index (χ0n) is 9.85. The highest BCUT2D eigenvalue weighted by Gasteiger charge is 2.15. The summed E-state index contributed by atoms with van der Waals surface area (Å²) in [7, 11) is 0. The van der Waals surface area contributed by atoms with E-state index < -0.39 is 5.97 Å². The molecule has 0 aliphatic heterocycles. The summed E-state index contributed by atoms with van der Waals surface area (Å²) >= 11 is 0. The van der Waals surface area contributed by atoms with Crippen LogP contribution in [-0.2, 0) is 13.1 Å². The van der Waals surface area contributed by atoms with Gasteiger partial charge in [-0.2, -0.15) is 0 Å². The van der Waals surface area contributed by atoms with E-state index in [1.165, 1.54) is 0 Å². The number of aromatic carboxylic acids is 1. The topological polar surface area (TPSA) is 46.1 Å². The van der Waals surface area contributed by atoms with Gasteiger partial charge in [-0.25, -0.2) is 13.9 Å². The molecule has 1 aromatic heterocycles. The first kappa shape index (κ1) is 13.7. The van der Waals surface area contributed by atoms with Gasteiger partial charge in [0.1, 0.15) is 0 Å². The highest BCUT2D eigenvalue weighted by molar-refractivity contribution is 5.91. The second-order valence-corrected chi connectivity index (χ2v) is 3.70. The highest BCUT2D eigenvalue weighted by Crippen LogP contribution is 2.14. The Kier molecular flexibility index (Phi) is 4.28. The Bertz CT molecular complexity index is 549. The van der Waals surface area contributed by atoms with Crippen LogP contribution in [-0.4, -0.2) is 15.6 Å². The van der Waals surface area contributed by atoms with E-state index in [0.29, 0.717) is 5.56 Å². The molecule has 0 aliphatic carbocycles. The molecule has 0 aliphatic rings. The normalized spacial score (nSPS) is 10.2. The third-order valence-corrected chi connectivity index (χ3v) is 2.80. The van der Waals surface area contributed by atoms with Crippen LogP contribution in [0.25, 0.3) is 11.0 Å². The Morgan fingerprint density at radius 2 is 2.12 bits per heavy atom. The first-order chi connectivity index (χ1) is 7.67. The number of halogens is 1. The van der Waals surface area contributed by atoms with Gasteiger partial charge >= 0.3 is 5.97 Å². The maximum absolute atomic E-state index is 10.9. The molecule has 17 heavy (non-hydrogen) atoms. The number of nitrogens with zero attached hydrogens (tertiary/aromatic N) is 2. The number of carbonyl (C=O) groups is 1. The Hall–Kier alpha value is -1.36. The van der Waals surface area contributed by atoms with Crippen molar-refractivity contribution in [3.8, 4) is 0 Å². The van der Waals surface area contributed by atoms with E-state index in [0.717, 1.165) is 24.1 Å². The second kappa shape index (κ2) is 5.31. The smallest absolute Gasteiger partial charge is 0.335 e. The van der Waals surface area contributed by atoms with Crippen LogP contribution in [0.1, 0.15) is 24.2 Å². The molecule has 1 aromatic carbocycles. The van der Waals surface area contributed by atoms with Crippen LogP contribution in [0.15, 0.2) is 24.5 Å². The summed E-state index contributed by atoms with van der Waals surface area (Å²) in [6.07, 6.45) is 2.02. The summed E-state index contributed by atoms with van der Waals surface area (Å²) < 4.78 is 4.18. The molecule has 5 heteroatoms. The summed E-state index contributed by atoms with van der Waals surface area (Å²) in [6.45, 7) is 5.85. The predicted molar refractivity (Wildman–Crippen MR) is 60.4 cm³/mol. The van der Waals surface area contributed by atoms with Crippen molar-refractivity contribution in [2.75, 3.05) is 0 Å². The third-order valence-electron chi connectivity index (χ3n) is 2.80. The number of fused-ring (bicyclic) bond motifs is 1. The van der Waals surface area contributed by atoms with Crippen LogP contribution in [0, 0.1) is 0 Å². The molecule has 0 bridgehead atoms. The van der Waals surface area contributed by atoms with Gasteiger partial charge in [-0.1, -0.05) is 0 Å². The number of hydrogen-bond acceptors (Lipinski definition) is 1. The number of rotatable bonds is 3. The molecule has 4 nitrogen and oxygen atoms in total. The number of carboxylic acid groups (broad SMARTS) is 1. The lowest BCUT2D eigenvalue weighted by atomic mass is 10.2. The summed E-state index contributed by atoms with van der Waals surface area (Å²) in [5, 5.41) is 8.96. The molecule has 0 saturated carbocycles. The lowest BCUT2D eigenvalue weighted by molar-refractivity contribution is -0.668. The molecular formula is C12H15BrN2O2. The number of aryl methyl sites for hydroxylation is 2. The van der Waals surface area contributed by atoms with Crippen molar-refractivity contribution in [3.63, 3.8) is 0 Å². The van der Waals surface area contributed by atoms with Gasteiger partial charge in [0.05, 0.1) is 18.7 Å². The van der Waals surface area contributed by atoms with Gasteiger partial charge in [0.25, 0.3) is 0 Å². The number of hydrogen-bond donors (Lipinski definition) is 1. The molecule has 1 heterocycles. The SMILES string of the molecule is CCn1c[n+](CC)c2ccc(C(=O)O)cc21.[Br-]. The van der Waals surface area contributed by atoms with Crippen molar-refractivity contribution in [2.24, 2.45) is 0 Å². The minimum atomic E-state index is -0.881. The van der Waals surface area contributed by atoms with Crippen molar-refractivity contribution >= 4 is 17.0 Å². The minimum Gasteiger partial charge on any atom is -1.00 e. The molecular weight excluding hydrogens is 284 g/mol. The Morgan fingerprint density at radius 3 is 2.65 bits per heavy atom. The predicted octanol–water partition coefficient (Wildman–Crippen LogP) is -1.33. The van der Waals surface area contributed by atoms with Gasteiger partial charge < -0.3 is 22.1 Å². The summed E-state index contributed by atoms with van der Waals surface area (Å²) in [5.41, 5.74) is 2.39. The number of benzene rings is 1. The number of aromatic nitrogens is 2. The molecule has 0 unspecified atom stereocenters. The minimum absolute atomic E-state index is 0. The lowest BCUT2D eigenvalue weighted by Crippen LogP contribution is -3.00. The molecule has 0 spiro atoms. The van der Waals surface area contributed by atoms with Gasteiger partial charge in [0.2, 0.25) is 6.33 Å². The van der Waals surface area contributed by atoms with Crippen molar-refractivity contribution in [1.29, 1.82) is 0 Å². The van der Waals surface area contributed by atoms with Crippen molar-refractivity contribution in [1.82, 2.24) is 4.57 Å². The zero-order valence-corrected chi connectivity index (χ0v) is 11.4. The molecule has 0 amide bonds. The van der Waals surface area contributed by atoms with Gasteiger partial charge in [0, 0.05) is 6.07 Å². The van der Waals surface area contributed by atoms with Crippen LogP contribution < -0.4 is 21.5 Å². The van der Waals surface area contributed by atoms with Gasteiger partial charge in [-0.3, -0.25) is 0 Å². The van der Waals surface area contributed by atoms with E-state index in [1.807, 2.05) is 19.3 Å². The molecule has 0 atom stereocenters. The quantitative estimate of drug-likeness (QED) is 0.714. The fourth-order valence-electron chi connectivity index (χ4n) is 1.93. The average molecular weight is 299 g/mol. The number of imidazole rings is 1. The van der Waals surface area contributed by atoms with E-state index >= 15 is 0 Å². The van der Waals surface area contributed by atoms with Crippen LogP contribution in [0.4, 0.5) is 0 Å². The molecule has 2 rings (SSSR count). The Morgan fingerprint density at radius 1 is 1.41 bits per heavy atom. The lowest BCUT2D eigenvalue weighted by Gasteiger charge is -1.94. The fourth-order valence-corrected chi connectivity index (χ4v) is 1.93. The summed E-state index contributed by atoms with van der Waals surface area (Å²) in [6, 6.07) is 5.25. The maximum Gasteiger partial charge on any atom is 0.335 e. The van der Waals surface area contributed by atoms with Crippen LogP contribution >= 0.6 is 0 Å². The van der Waals surface area contributed by atoms with Gasteiger partial charge in [-0.15, -0.1) is 0 Å². The molecule has 0 saturated heterocycles. The first-order valence-electron chi connectivity index (χ1n) is 5.43. The summed E-state index contributed by atoms with van der Waals surface area (Å²) in [4.78, 5) is 10.9. The standard InChI is InChI=1S/C12H14N2O2.BrH/c1-3-13-8-14(4-2)11-7-9(12(15)16)5-6-10(11)13;/h5-8H,3-4H2,1-2H3;1H. The van der Waals surface area contributed by atoms with Crippen LogP contribution in [0.5, 0.6) is 0 Å². The Labute approximate surface area is 110 Å². The average Bonchev–Trinajstić information content (AvgIpc) is 2.65. The Balaban J connectivity index is 0.00000144. The van der Waals surface area contributed by atoms with Crippen molar-refractivity contribution in [2.45, 2.75) is 26.9 Å². The monoisotopic (exact) mass is 298 g/mol. The molecule has 1 N–H and O–H groups in total.